The molecule has 0 fully saturated rings. The second-order valence-corrected chi connectivity index (χ2v) is 5.20. The average Bonchev–Trinajstić information content (AvgIpc) is 2.41. The third-order valence-electron chi connectivity index (χ3n) is 2.94. The van der Waals surface area contributed by atoms with E-state index in [1.807, 2.05) is 13.0 Å². The number of halogens is 1. The van der Waals surface area contributed by atoms with Gasteiger partial charge in [-0.3, -0.25) is 10.1 Å². The van der Waals surface area contributed by atoms with E-state index in [-0.39, 0.29) is 17.5 Å². The number of nitro groups is 1. The number of anilines is 1. The second kappa shape index (κ2) is 5.92. The molecule has 1 unspecified atom stereocenters. The van der Waals surface area contributed by atoms with Crippen molar-refractivity contribution < 1.29 is 10.0 Å². The van der Waals surface area contributed by atoms with Gasteiger partial charge in [0.15, 0.2) is 0 Å². The molecule has 0 aliphatic heterocycles. The summed E-state index contributed by atoms with van der Waals surface area (Å²) in [7, 11) is 0. The van der Waals surface area contributed by atoms with Crippen molar-refractivity contribution in [2.75, 3.05) is 5.32 Å². The second-order valence-electron chi connectivity index (χ2n) is 4.35. The van der Waals surface area contributed by atoms with Crippen molar-refractivity contribution in [1.82, 2.24) is 0 Å². The minimum Gasteiger partial charge on any atom is -0.508 e. The van der Waals surface area contributed by atoms with Crippen LogP contribution in [0.5, 0.6) is 5.75 Å². The standard InChI is InChI=1S/C14H13BrN2O3/c1-9(11-4-2-3-5-14(11)18)16-13-8-10(17(19)20)6-7-12(13)15/h2-9,16,18H,1H3. The van der Waals surface area contributed by atoms with Gasteiger partial charge in [-0.15, -0.1) is 0 Å². The van der Waals surface area contributed by atoms with E-state index in [0.717, 1.165) is 10.0 Å². The number of hydrogen-bond donors (Lipinski definition) is 2. The fourth-order valence-corrected chi connectivity index (χ4v) is 2.26. The number of nitrogens with zero attached hydrogens (tertiary/aromatic N) is 1. The van der Waals surface area contributed by atoms with Crippen LogP contribution in [0.2, 0.25) is 0 Å². The molecule has 0 saturated heterocycles. The number of phenols is 1. The molecule has 0 saturated carbocycles. The van der Waals surface area contributed by atoms with Crippen molar-refractivity contribution in [1.29, 1.82) is 0 Å². The van der Waals surface area contributed by atoms with Crippen LogP contribution in [0, 0.1) is 10.1 Å². The summed E-state index contributed by atoms with van der Waals surface area (Å²) in [6.07, 6.45) is 0. The van der Waals surface area contributed by atoms with Crippen molar-refractivity contribution in [2.45, 2.75) is 13.0 Å². The summed E-state index contributed by atoms with van der Waals surface area (Å²) in [6.45, 7) is 1.88. The summed E-state index contributed by atoms with van der Waals surface area (Å²) in [5.41, 5.74) is 1.35. The number of benzene rings is 2. The molecule has 1 atom stereocenters. The van der Waals surface area contributed by atoms with E-state index < -0.39 is 4.92 Å². The lowest BCUT2D eigenvalue weighted by molar-refractivity contribution is -0.384. The largest absolute Gasteiger partial charge is 0.508 e. The van der Waals surface area contributed by atoms with Crippen molar-refractivity contribution in [3.8, 4) is 5.75 Å². The van der Waals surface area contributed by atoms with Crippen molar-refractivity contribution >= 4 is 27.3 Å². The van der Waals surface area contributed by atoms with Gasteiger partial charge in [-0.1, -0.05) is 18.2 Å². The maximum atomic E-state index is 10.8. The van der Waals surface area contributed by atoms with E-state index in [0.29, 0.717) is 5.69 Å². The summed E-state index contributed by atoms with van der Waals surface area (Å²) >= 11 is 3.35. The summed E-state index contributed by atoms with van der Waals surface area (Å²) in [4.78, 5) is 10.4. The number of hydrogen-bond acceptors (Lipinski definition) is 4. The Morgan fingerprint density at radius 1 is 1.30 bits per heavy atom. The molecule has 0 bridgehead atoms. The first-order valence-corrected chi connectivity index (χ1v) is 6.76. The van der Waals surface area contributed by atoms with E-state index in [2.05, 4.69) is 21.2 Å². The van der Waals surface area contributed by atoms with E-state index in [1.54, 1.807) is 24.3 Å². The molecule has 0 radical (unpaired) electrons. The molecular formula is C14H13BrN2O3. The summed E-state index contributed by atoms with van der Waals surface area (Å²) in [5, 5.41) is 23.8. The van der Waals surface area contributed by atoms with Crippen LogP contribution < -0.4 is 5.32 Å². The lowest BCUT2D eigenvalue weighted by Gasteiger charge is -2.17. The quantitative estimate of drug-likeness (QED) is 0.646. The zero-order chi connectivity index (χ0) is 14.7. The zero-order valence-electron chi connectivity index (χ0n) is 10.7. The molecule has 20 heavy (non-hydrogen) atoms. The third-order valence-corrected chi connectivity index (χ3v) is 3.63. The Balaban J connectivity index is 2.28. The molecule has 6 heteroatoms. The van der Waals surface area contributed by atoms with Gasteiger partial charge in [0, 0.05) is 22.2 Å². The molecule has 2 N–H and O–H groups in total. The van der Waals surface area contributed by atoms with Gasteiger partial charge in [-0.2, -0.15) is 0 Å². The minimum atomic E-state index is -0.442. The Hall–Kier alpha value is -2.08. The highest BCUT2D eigenvalue weighted by Crippen LogP contribution is 2.32. The maximum Gasteiger partial charge on any atom is 0.271 e. The van der Waals surface area contributed by atoms with Crippen LogP contribution in [0.25, 0.3) is 0 Å². The van der Waals surface area contributed by atoms with Crippen LogP contribution in [0.4, 0.5) is 11.4 Å². The highest BCUT2D eigenvalue weighted by molar-refractivity contribution is 9.10. The number of nitro benzene ring substituents is 1. The van der Waals surface area contributed by atoms with Crippen molar-refractivity contribution in [3.05, 3.63) is 62.6 Å². The molecule has 0 aromatic heterocycles. The average molecular weight is 337 g/mol. The predicted octanol–water partition coefficient (Wildman–Crippen LogP) is 4.24. The highest BCUT2D eigenvalue weighted by atomic mass is 79.9. The Kier molecular flexibility index (Phi) is 4.24. The SMILES string of the molecule is CC(Nc1cc([N+](=O)[O-])ccc1Br)c1ccccc1O. The molecule has 0 aliphatic rings. The summed E-state index contributed by atoms with van der Waals surface area (Å²) < 4.78 is 0.727. The van der Waals surface area contributed by atoms with E-state index in [1.165, 1.54) is 12.1 Å². The first kappa shape index (κ1) is 14.3. The van der Waals surface area contributed by atoms with Crippen LogP contribution in [0.1, 0.15) is 18.5 Å². The lowest BCUT2D eigenvalue weighted by Crippen LogP contribution is -2.07. The van der Waals surface area contributed by atoms with E-state index in [4.69, 9.17) is 0 Å². The summed E-state index contributed by atoms with van der Waals surface area (Å²) in [6, 6.07) is 11.3. The first-order valence-electron chi connectivity index (χ1n) is 5.97. The molecular weight excluding hydrogens is 324 g/mol. The molecule has 0 amide bonds. The number of nitrogens with one attached hydrogen (secondary N) is 1. The highest BCUT2D eigenvalue weighted by Gasteiger charge is 2.14. The van der Waals surface area contributed by atoms with E-state index in [9.17, 15) is 15.2 Å². The van der Waals surface area contributed by atoms with Crippen LogP contribution in [-0.4, -0.2) is 10.0 Å². The fourth-order valence-electron chi connectivity index (χ4n) is 1.90. The van der Waals surface area contributed by atoms with Gasteiger partial charge in [0.1, 0.15) is 5.75 Å². The minimum absolute atomic E-state index is 0.0141. The third kappa shape index (κ3) is 3.08. The van der Waals surface area contributed by atoms with Crippen LogP contribution >= 0.6 is 15.9 Å². The molecule has 0 aliphatic carbocycles. The van der Waals surface area contributed by atoms with Gasteiger partial charge < -0.3 is 10.4 Å². The van der Waals surface area contributed by atoms with Gasteiger partial charge in [0.2, 0.25) is 0 Å². The Morgan fingerprint density at radius 2 is 2.00 bits per heavy atom. The van der Waals surface area contributed by atoms with Crippen LogP contribution in [0.3, 0.4) is 0 Å². The Bertz CT molecular complexity index is 646. The molecule has 5 nitrogen and oxygen atoms in total. The van der Waals surface area contributed by atoms with Crippen LogP contribution in [-0.2, 0) is 0 Å². The number of phenolic OH excluding ortho intramolecular Hbond substituents is 1. The van der Waals surface area contributed by atoms with Gasteiger partial charge in [-0.05, 0) is 35.0 Å². The van der Waals surface area contributed by atoms with Gasteiger partial charge in [0.05, 0.1) is 16.7 Å². The monoisotopic (exact) mass is 336 g/mol. The molecule has 0 spiro atoms. The number of aromatic hydroxyl groups is 1. The van der Waals surface area contributed by atoms with Crippen molar-refractivity contribution in [2.24, 2.45) is 0 Å². The van der Waals surface area contributed by atoms with E-state index >= 15 is 0 Å². The first-order chi connectivity index (χ1) is 9.49. The normalized spacial score (nSPS) is 11.9. The lowest BCUT2D eigenvalue weighted by atomic mass is 10.1. The number of para-hydroxylation sites is 1. The molecule has 0 heterocycles. The van der Waals surface area contributed by atoms with Gasteiger partial charge in [0.25, 0.3) is 5.69 Å². The molecule has 2 aromatic rings. The topological polar surface area (TPSA) is 75.4 Å². The van der Waals surface area contributed by atoms with Crippen LogP contribution in [0.15, 0.2) is 46.9 Å². The fraction of sp³-hybridized carbons (Fsp3) is 0.143. The van der Waals surface area contributed by atoms with Gasteiger partial charge in [-0.25, -0.2) is 0 Å². The summed E-state index contributed by atoms with van der Waals surface area (Å²) in [5.74, 6) is 0.189. The molecule has 104 valence electrons. The smallest absolute Gasteiger partial charge is 0.271 e. The number of rotatable bonds is 4. The maximum absolute atomic E-state index is 10.8. The predicted molar refractivity (Wildman–Crippen MR) is 80.9 cm³/mol. The zero-order valence-corrected chi connectivity index (χ0v) is 12.3. The van der Waals surface area contributed by atoms with Gasteiger partial charge >= 0.3 is 0 Å². The van der Waals surface area contributed by atoms with Crippen molar-refractivity contribution in [3.63, 3.8) is 0 Å². The Labute approximate surface area is 124 Å². The Morgan fingerprint density at radius 3 is 2.65 bits per heavy atom. The number of non-ortho nitro benzene ring substituents is 1. The molecule has 2 rings (SSSR count). The molecule has 2 aromatic carbocycles.